The summed E-state index contributed by atoms with van der Waals surface area (Å²) < 4.78 is 42.4. The monoisotopic (exact) mass is 325 g/mol. The van der Waals surface area contributed by atoms with Crippen LogP contribution in [0.2, 0.25) is 5.02 Å². The van der Waals surface area contributed by atoms with Crippen LogP contribution in [-0.4, -0.2) is 35.7 Å². The first kappa shape index (κ1) is 16.1. The lowest BCUT2D eigenvalue weighted by Gasteiger charge is -2.11. The summed E-state index contributed by atoms with van der Waals surface area (Å²) in [4.78, 5) is 11.7. The first-order chi connectivity index (χ1) is 9.87. The van der Waals surface area contributed by atoms with E-state index in [-0.39, 0.29) is 15.4 Å². The molecule has 118 valence electrons. The SMILES string of the molecule is O=c1c(Cl)c(NCCOCC2CC2)cnn1CC(F)(F)F. The highest BCUT2D eigenvalue weighted by atomic mass is 35.5. The van der Waals surface area contributed by atoms with Crippen molar-refractivity contribution in [2.45, 2.75) is 25.6 Å². The molecule has 1 aromatic rings. The summed E-state index contributed by atoms with van der Waals surface area (Å²) in [5, 5.41) is 5.97. The van der Waals surface area contributed by atoms with Gasteiger partial charge in [-0.1, -0.05) is 11.6 Å². The fourth-order valence-corrected chi connectivity index (χ4v) is 1.88. The van der Waals surface area contributed by atoms with Crippen molar-refractivity contribution < 1.29 is 17.9 Å². The van der Waals surface area contributed by atoms with Crippen LogP contribution in [-0.2, 0) is 11.3 Å². The second kappa shape index (κ2) is 6.65. The fraction of sp³-hybridized carbons (Fsp3) is 0.667. The van der Waals surface area contributed by atoms with Crippen molar-refractivity contribution in [3.8, 4) is 0 Å². The van der Waals surface area contributed by atoms with Gasteiger partial charge in [-0.05, 0) is 18.8 Å². The van der Waals surface area contributed by atoms with E-state index in [4.69, 9.17) is 16.3 Å². The zero-order valence-electron chi connectivity index (χ0n) is 11.1. The molecule has 2 rings (SSSR count). The van der Waals surface area contributed by atoms with Crippen LogP contribution in [0.15, 0.2) is 11.0 Å². The number of alkyl halides is 3. The van der Waals surface area contributed by atoms with Crippen molar-refractivity contribution in [2.75, 3.05) is 25.1 Å². The van der Waals surface area contributed by atoms with Gasteiger partial charge in [0.25, 0.3) is 5.56 Å². The van der Waals surface area contributed by atoms with E-state index in [2.05, 4.69) is 10.4 Å². The molecule has 0 amide bonds. The van der Waals surface area contributed by atoms with Crippen LogP contribution in [0, 0.1) is 5.92 Å². The fourth-order valence-electron chi connectivity index (χ4n) is 1.66. The van der Waals surface area contributed by atoms with Gasteiger partial charge in [0.1, 0.15) is 11.6 Å². The molecule has 1 aromatic heterocycles. The summed E-state index contributed by atoms with van der Waals surface area (Å²) in [6, 6.07) is 0. The normalized spacial score (nSPS) is 15.2. The van der Waals surface area contributed by atoms with Crippen LogP contribution >= 0.6 is 11.6 Å². The lowest BCUT2D eigenvalue weighted by molar-refractivity contribution is -0.143. The molecule has 1 aliphatic carbocycles. The third kappa shape index (κ3) is 5.20. The molecule has 0 spiro atoms. The van der Waals surface area contributed by atoms with Crippen molar-refractivity contribution in [1.82, 2.24) is 9.78 Å². The van der Waals surface area contributed by atoms with E-state index < -0.39 is 18.3 Å². The molecule has 0 bridgehead atoms. The van der Waals surface area contributed by atoms with Gasteiger partial charge in [-0.2, -0.15) is 18.3 Å². The lowest BCUT2D eigenvalue weighted by Crippen LogP contribution is -2.31. The number of anilines is 1. The maximum absolute atomic E-state index is 12.2. The summed E-state index contributed by atoms with van der Waals surface area (Å²) in [5.74, 6) is 0.654. The summed E-state index contributed by atoms with van der Waals surface area (Å²) in [5.41, 5.74) is -0.770. The van der Waals surface area contributed by atoms with Gasteiger partial charge in [0.2, 0.25) is 0 Å². The van der Waals surface area contributed by atoms with E-state index in [1.165, 1.54) is 12.8 Å². The molecule has 21 heavy (non-hydrogen) atoms. The van der Waals surface area contributed by atoms with E-state index in [1.807, 2.05) is 0 Å². The molecule has 5 nitrogen and oxygen atoms in total. The van der Waals surface area contributed by atoms with Gasteiger partial charge >= 0.3 is 6.18 Å². The standard InChI is InChI=1S/C12H15ClF3N3O2/c13-10-9(17-3-4-21-6-8-1-2-8)5-18-19(11(10)20)7-12(14,15)16/h5,8,17H,1-4,6-7H2. The molecule has 0 saturated heterocycles. The molecule has 1 aliphatic rings. The molecular weight excluding hydrogens is 311 g/mol. The van der Waals surface area contributed by atoms with Crippen molar-refractivity contribution in [3.63, 3.8) is 0 Å². The van der Waals surface area contributed by atoms with Crippen LogP contribution in [0.25, 0.3) is 0 Å². The summed E-state index contributed by atoms with van der Waals surface area (Å²) in [7, 11) is 0. The van der Waals surface area contributed by atoms with E-state index >= 15 is 0 Å². The predicted octanol–water partition coefficient (Wildman–Crippen LogP) is 2.30. The largest absolute Gasteiger partial charge is 0.408 e. The zero-order chi connectivity index (χ0) is 15.5. The van der Waals surface area contributed by atoms with Gasteiger partial charge in [-0.25, -0.2) is 4.68 Å². The van der Waals surface area contributed by atoms with Gasteiger partial charge in [0, 0.05) is 13.2 Å². The van der Waals surface area contributed by atoms with Gasteiger partial charge in [-0.3, -0.25) is 4.79 Å². The smallest absolute Gasteiger partial charge is 0.380 e. The number of hydrogen-bond acceptors (Lipinski definition) is 4. The number of nitrogens with one attached hydrogen (secondary N) is 1. The quantitative estimate of drug-likeness (QED) is 0.782. The van der Waals surface area contributed by atoms with E-state index in [0.717, 1.165) is 6.20 Å². The molecule has 1 fully saturated rings. The van der Waals surface area contributed by atoms with Crippen LogP contribution in [0.3, 0.4) is 0 Å². The minimum Gasteiger partial charge on any atom is -0.380 e. The number of halogens is 4. The Balaban J connectivity index is 1.88. The average Bonchev–Trinajstić information content (AvgIpc) is 3.20. The Morgan fingerprint density at radius 2 is 2.19 bits per heavy atom. The van der Waals surface area contributed by atoms with Gasteiger partial charge in [-0.15, -0.1) is 0 Å². The Morgan fingerprint density at radius 1 is 1.48 bits per heavy atom. The van der Waals surface area contributed by atoms with E-state index in [0.29, 0.717) is 25.7 Å². The van der Waals surface area contributed by atoms with Crippen LogP contribution in [0.5, 0.6) is 0 Å². The second-order valence-electron chi connectivity index (χ2n) is 4.90. The Morgan fingerprint density at radius 3 is 2.81 bits per heavy atom. The highest BCUT2D eigenvalue weighted by Crippen LogP contribution is 2.28. The lowest BCUT2D eigenvalue weighted by atomic mass is 10.4. The molecule has 0 radical (unpaired) electrons. The maximum atomic E-state index is 12.2. The van der Waals surface area contributed by atoms with Gasteiger partial charge in [0.15, 0.2) is 0 Å². The van der Waals surface area contributed by atoms with Crippen molar-refractivity contribution in [1.29, 1.82) is 0 Å². The number of rotatable bonds is 7. The second-order valence-corrected chi connectivity index (χ2v) is 5.27. The third-order valence-electron chi connectivity index (χ3n) is 2.93. The molecule has 1 saturated carbocycles. The molecule has 0 atom stereocenters. The van der Waals surface area contributed by atoms with E-state index in [9.17, 15) is 18.0 Å². The topological polar surface area (TPSA) is 56.1 Å². The van der Waals surface area contributed by atoms with Gasteiger partial charge < -0.3 is 10.1 Å². The molecule has 1 N–H and O–H groups in total. The Kier molecular flexibility index (Phi) is 5.10. The molecule has 1 heterocycles. The minimum atomic E-state index is -4.52. The molecule has 0 aliphatic heterocycles. The highest BCUT2D eigenvalue weighted by Gasteiger charge is 2.29. The maximum Gasteiger partial charge on any atom is 0.408 e. The molecule has 0 aromatic carbocycles. The third-order valence-corrected chi connectivity index (χ3v) is 3.29. The van der Waals surface area contributed by atoms with Crippen LogP contribution < -0.4 is 10.9 Å². The highest BCUT2D eigenvalue weighted by molar-refractivity contribution is 6.32. The van der Waals surface area contributed by atoms with Crippen molar-refractivity contribution >= 4 is 17.3 Å². The van der Waals surface area contributed by atoms with E-state index in [1.54, 1.807) is 0 Å². The number of nitrogens with zero attached hydrogens (tertiary/aromatic N) is 2. The van der Waals surface area contributed by atoms with Crippen molar-refractivity contribution in [2.24, 2.45) is 5.92 Å². The van der Waals surface area contributed by atoms with Crippen LogP contribution in [0.4, 0.5) is 18.9 Å². The Bertz CT molecular complexity index is 544. The minimum absolute atomic E-state index is 0.204. The first-order valence-electron chi connectivity index (χ1n) is 6.51. The summed E-state index contributed by atoms with van der Waals surface area (Å²) in [6.45, 7) is 0.0759. The van der Waals surface area contributed by atoms with Crippen LogP contribution in [0.1, 0.15) is 12.8 Å². The van der Waals surface area contributed by atoms with Gasteiger partial charge in [0.05, 0.1) is 18.5 Å². The molecule has 0 unspecified atom stereocenters. The molecular formula is C12H15ClF3N3O2. The first-order valence-corrected chi connectivity index (χ1v) is 6.88. The predicted molar refractivity (Wildman–Crippen MR) is 71.6 cm³/mol. The average molecular weight is 326 g/mol. The molecule has 9 heteroatoms. The van der Waals surface area contributed by atoms with Crippen molar-refractivity contribution in [3.05, 3.63) is 21.6 Å². The Labute approximate surface area is 124 Å². The Hall–Kier alpha value is -1.28. The number of aromatic nitrogens is 2. The summed E-state index contributed by atoms with van der Waals surface area (Å²) >= 11 is 5.76. The number of hydrogen-bond donors (Lipinski definition) is 1. The zero-order valence-corrected chi connectivity index (χ0v) is 11.9. The number of ether oxygens (including phenoxy) is 1. The summed E-state index contributed by atoms with van der Waals surface area (Å²) in [6.07, 6.45) is -1.02.